The number of aliphatic hydroxyl groups is 1. The molecule has 152 valence electrons. The third kappa shape index (κ3) is 4.32. The first-order valence-electron chi connectivity index (χ1n) is 9.14. The Kier molecular flexibility index (Phi) is 6.63. The fourth-order valence-corrected chi connectivity index (χ4v) is 3.77. The van der Waals surface area contributed by atoms with Crippen molar-refractivity contribution in [1.82, 2.24) is 4.90 Å². The van der Waals surface area contributed by atoms with Crippen LogP contribution in [0.4, 0.5) is 0 Å². The van der Waals surface area contributed by atoms with Gasteiger partial charge in [0.2, 0.25) is 0 Å². The second kappa shape index (κ2) is 8.99. The zero-order valence-electron chi connectivity index (χ0n) is 16.1. The van der Waals surface area contributed by atoms with Crippen molar-refractivity contribution < 1.29 is 19.4 Å². The molecule has 1 unspecified atom stereocenters. The monoisotopic (exact) mass is 433 g/mol. The van der Waals surface area contributed by atoms with Crippen LogP contribution in [0.3, 0.4) is 0 Å². The maximum absolute atomic E-state index is 12.9. The molecule has 0 radical (unpaired) electrons. The lowest BCUT2D eigenvalue weighted by atomic mass is 9.94. The fourth-order valence-electron chi connectivity index (χ4n) is 3.48. The van der Waals surface area contributed by atoms with Gasteiger partial charge in [0.25, 0.3) is 11.7 Å². The maximum Gasteiger partial charge on any atom is 0.295 e. The van der Waals surface area contributed by atoms with E-state index < -0.39 is 17.7 Å². The lowest BCUT2D eigenvalue weighted by Crippen LogP contribution is -2.31. The van der Waals surface area contributed by atoms with Gasteiger partial charge in [-0.15, -0.1) is 0 Å². The molecule has 0 saturated carbocycles. The molecule has 1 fully saturated rings. The number of hydrogen-bond acceptors (Lipinski definition) is 4. The number of aliphatic hydroxyl groups excluding tert-OH is 1. The minimum atomic E-state index is -0.725. The molecule has 0 aliphatic carbocycles. The van der Waals surface area contributed by atoms with Gasteiger partial charge in [0.1, 0.15) is 5.76 Å². The first kappa shape index (κ1) is 21.4. The number of benzene rings is 2. The molecular formula is C22H21Cl2NO4. The Labute approximate surface area is 179 Å². The van der Waals surface area contributed by atoms with Crippen LogP contribution in [0.2, 0.25) is 10.0 Å². The number of ketones is 1. The first-order valence-corrected chi connectivity index (χ1v) is 9.90. The van der Waals surface area contributed by atoms with E-state index in [1.54, 1.807) is 13.2 Å². The van der Waals surface area contributed by atoms with Crippen LogP contribution < -0.4 is 0 Å². The van der Waals surface area contributed by atoms with Gasteiger partial charge in [-0.3, -0.25) is 9.59 Å². The van der Waals surface area contributed by atoms with Gasteiger partial charge in [0.15, 0.2) is 0 Å². The molecule has 1 aliphatic rings. The maximum atomic E-state index is 12.9. The second-order valence-corrected chi connectivity index (χ2v) is 7.70. The van der Waals surface area contributed by atoms with Crippen molar-refractivity contribution in [2.24, 2.45) is 0 Å². The number of rotatable bonds is 6. The summed E-state index contributed by atoms with van der Waals surface area (Å²) in [5, 5.41) is 11.5. The van der Waals surface area contributed by atoms with Crippen LogP contribution in [0.25, 0.3) is 5.76 Å². The Hall–Kier alpha value is -2.34. The topological polar surface area (TPSA) is 66.8 Å². The van der Waals surface area contributed by atoms with Crippen molar-refractivity contribution in [3.05, 3.63) is 74.8 Å². The van der Waals surface area contributed by atoms with E-state index in [1.807, 2.05) is 31.2 Å². The Balaban J connectivity index is 2.14. The molecule has 5 nitrogen and oxygen atoms in total. The Morgan fingerprint density at radius 3 is 2.55 bits per heavy atom. The zero-order valence-corrected chi connectivity index (χ0v) is 17.6. The molecule has 1 atom stereocenters. The van der Waals surface area contributed by atoms with Crippen molar-refractivity contribution in [1.29, 1.82) is 0 Å². The van der Waals surface area contributed by atoms with Crippen molar-refractivity contribution in [2.45, 2.75) is 19.4 Å². The summed E-state index contributed by atoms with van der Waals surface area (Å²) in [5.74, 6) is -1.64. The van der Waals surface area contributed by atoms with Crippen LogP contribution >= 0.6 is 23.2 Å². The Bertz CT molecular complexity index is 987. The van der Waals surface area contributed by atoms with Crippen LogP contribution in [-0.4, -0.2) is 42.0 Å². The normalized spacial score (nSPS) is 18.5. The molecule has 29 heavy (non-hydrogen) atoms. The van der Waals surface area contributed by atoms with Gasteiger partial charge in [-0.25, -0.2) is 0 Å². The van der Waals surface area contributed by atoms with Gasteiger partial charge in [-0.2, -0.15) is 0 Å². The van der Waals surface area contributed by atoms with Gasteiger partial charge in [-0.05, 0) is 37.1 Å². The van der Waals surface area contributed by atoms with Crippen molar-refractivity contribution >= 4 is 40.7 Å². The highest BCUT2D eigenvalue weighted by atomic mass is 35.5. The Morgan fingerprint density at radius 2 is 1.90 bits per heavy atom. The number of carbonyl (C=O) groups is 2. The van der Waals surface area contributed by atoms with E-state index in [9.17, 15) is 14.7 Å². The molecule has 0 aromatic heterocycles. The minimum absolute atomic E-state index is 0.0383. The predicted octanol–water partition coefficient (Wildman–Crippen LogP) is 4.76. The van der Waals surface area contributed by atoms with E-state index in [2.05, 4.69) is 0 Å². The number of Topliss-reactive ketones (excluding diaryl/α,β-unsaturated/α-hetero) is 1. The third-order valence-corrected chi connectivity index (χ3v) is 5.58. The van der Waals surface area contributed by atoms with Gasteiger partial charge in [0.05, 0.1) is 21.7 Å². The SMILES string of the molecule is COCCCN1C(=O)C(=O)/C(=C(\O)c2ccc(Cl)c(Cl)c2)C1c1cccc(C)c1. The Morgan fingerprint density at radius 1 is 1.14 bits per heavy atom. The molecule has 0 bridgehead atoms. The highest BCUT2D eigenvalue weighted by Gasteiger charge is 2.45. The van der Waals surface area contributed by atoms with Crippen molar-refractivity contribution in [2.75, 3.05) is 20.3 Å². The van der Waals surface area contributed by atoms with Gasteiger partial charge >= 0.3 is 0 Å². The van der Waals surface area contributed by atoms with E-state index in [4.69, 9.17) is 27.9 Å². The number of carbonyl (C=O) groups excluding carboxylic acids is 2. The number of likely N-dealkylation sites (tertiary alicyclic amines) is 1. The van der Waals surface area contributed by atoms with Crippen LogP contribution in [-0.2, 0) is 14.3 Å². The molecule has 1 amide bonds. The molecule has 1 heterocycles. The minimum Gasteiger partial charge on any atom is -0.507 e. The van der Waals surface area contributed by atoms with E-state index >= 15 is 0 Å². The summed E-state index contributed by atoms with van der Waals surface area (Å²) >= 11 is 12.0. The molecule has 1 aliphatic heterocycles. The summed E-state index contributed by atoms with van der Waals surface area (Å²) < 4.78 is 5.08. The molecule has 3 rings (SSSR count). The van der Waals surface area contributed by atoms with Crippen LogP contribution in [0.1, 0.15) is 29.2 Å². The number of halogens is 2. The first-order chi connectivity index (χ1) is 13.8. The lowest BCUT2D eigenvalue weighted by molar-refractivity contribution is -0.140. The number of aryl methyl sites for hydroxylation is 1. The van der Waals surface area contributed by atoms with Crippen molar-refractivity contribution in [3.63, 3.8) is 0 Å². The molecular weight excluding hydrogens is 413 g/mol. The fraction of sp³-hybridized carbons (Fsp3) is 0.273. The number of amides is 1. The van der Waals surface area contributed by atoms with E-state index in [0.717, 1.165) is 11.1 Å². The average molecular weight is 434 g/mol. The second-order valence-electron chi connectivity index (χ2n) is 6.88. The standard InChI is InChI=1S/C22H21Cl2NO4/c1-13-5-3-6-14(11-13)19-18(20(26)15-7-8-16(23)17(24)12-15)21(27)22(28)25(19)9-4-10-29-2/h3,5-8,11-12,19,26H,4,9-10H2,1-2H3/b20-18-. The number of hydrogen-bond donors (Lipinski definition) is 1. The third-order valence-electron chi connectivity index (χ3n) is 4.84. The zero-order chi connectivity index (χ0) is 21.1. The molecule has 2 aromatic rings. The van der Waals surface area contributed by atoms with E-state index in [1.165, 1.54) is 17.0 Å². The average Bonchev–Trinajstić information content (AvgIpc) is 2.94. The summed E-state index contributed by atoms with van der Waals surface area (Å²) in [7, 11) is 1.58. The van der Waals surface area contributed by atoms with E-state index in [-0.39, 0.29) is 16.4 Å². The quantitative estimate of drug-likeness (QED) is 0.308. The summed E-state index contributed by atoms with van der Waals surface area (Å²) in [6.07, 6.45) is 0.568. The largest absolute Gasteiger partial charge is 0.507 e. The van der Waals surface area contributed by atoms with E-state index in [0.29, 0.717) is 30.2 Å². The number of nitrogens with zero attached hydrogens (tertiary/aromatic N) is 1. The summed E-state index contributed by atoms with van der Waals surface area (Å²) in [6.45, 7) is 2.71. The lowest BCUT2D eigenvalue weighted by Gasteiger charge is -2.25. The molecule has 7 heteroatoms. The smallest absolute Gasteiger partial charge is 0.295 e. The molecule has 0 spiro atoms. The number of ether oxygens (including phenoxy) is 1. The summed E-state index contributed by atoms with van der Waals surface area (Å²) in [6, 6.07) is 11.4. The predicted molar refractivity (Wildman–Crippen MR) is 113 cm³/mol. The molecule has 2 aromatic carbocycles. The summed E-state index contributed by atoms with van der Waals surface area (Å²) in [4.78, 5) is 27.1. The van der Waals surface area contributed by atoms with Crippen molar-refractivity contribution in [3.8, 4) is 0 Å². The molecule has 1 saturated heterocycles. The van der Waals surface area contributed by atoms with Gasteiger partial charge in [0, 0.05) is 25.8 Å². The van der Waals surface area contributed by atoms with Crippen LogP contribution in [0.5, 0.6) is 0 Å². The van der Waals surface area contributed by atoms with Crippen LogP contribution in [0, 0.1) is 6.92 Å². The highest BCUT2D eigenvalue weighted by Crippen LogP contribution is 2.40. The summed E-state index contributed by atoms with van der Waals surface area (Å²) in [5.41, 5.74) is 2.10. The highest BCUT2D eigenvalue weighted by molar-refractivity contribution is 6.46. The van der Waals surface area contributed by atoms with Crippen LogP contribution in [0.15, 0.2) is 48.0 Å². The number of methoxy groups -OCH3 is 1. The van der Waals surface area contributed by atoms with Gasteiger partial charge in [-0.1, -0.05) is 53.0 Å². The van der Waals surface area contributed by atoms with Gasteiger partial charge < -0.3 is 14.7 Å². The molecule has 1 N–H and O–H groups in total.